The third-order valence-electron chi connectivity index (χ3n) is 6.74. The van der Waals surface area contributed by atoms with E-state index in [0.29, 0.717) is 28.1 Å². The maximum Gasteiger partial charge on any atom is 0.264 e. The van der Waals surface area contributed by atoms with Gasteiger partial charge in [0.2, 0.25) is 5.95 Å². The molecule has 154 valence electrons. The van der Waals surface area contributed by atoms with Gasteiger partial charge in [0.15, 0.2) is 0 Å². The lowest BCUT2D eigenvalue weighted by Crippen LogP contribution is -2.49. The van der Waals surface area contributed by atoms with Gasteiger partial charge in [0.05, 0.1) is 22.1 Å². The van der Waals surface area contributed by atoms with Gasteiger partial charge in [-0.3, -0.25) is 14.5 Å². The Morgan fingerprint density at radius 3 is 2.73 bits per heavy atom. The third kappa shape index (κ3) is 2.40. The van der Waals surface area contributed by atoms with Crippen molar-refractivity contribution in [2.75, 3.05) is 4.90 Å². The fraction of sp³-hybridized carbons (Fsp3) is 0.381. The molecule has 2 bridgehead atoms. The first-order valence-electron chi connectivity index (χ1n) is 10.3. The summed E-state index contributed by atoms with van der Waals surface area (Å²) < 4.78 is 1.67. The average molecular weight is 424 g/mol. The lowest BCUT2D eigenvalue weighted by atomic mass is 9.98. The van der Waals surface area contributed by atoms with Crippen LogP contribution in [0.25, 0.3) is 33.1 Å². The molecule has 2 saturated heterocycles. The molecule has 0 saturated carbocycles. The van der Waals surface area contributed by atoms with E-state index in [4.69, 9.17) is 22.3 Å². The summed E-state index contributed by atoms with van der Waals surface area (Å²) in [6.45, 7) is 0. The van der Waals surface area contributed by atoms with E-state index in [2.05, 4.69) is 20.1 Å². The van der Waals surface area contributed by atoms with Gasteiger partial charge in [0.1, 0.15) is 5.65 Å². The monoisotopic (exact) mass is 423 g/mol. The van der Waals surface area contributed by atoms with Gasteiger partial charge in [0, 0.05) is 47.9 Å². The van der Waals surface area contributed by atoms with Crippen molar-refractivity contribution < 1.29 is 0 Å². The second-order valence-electron chi connectivity index (χ2n) is 8.48. The summed E-state index contributed by atoms with van der Waals surface area (Å²) >= 11 is 6.66. The quantitative estimate of drug-likeness (QED) is 0.459. The van der Waals surface area contributed by atoms with Crippen LogP contribution in [0.1, 0.15) is 25.7 Å². The summed E-state index contributed by atoms with van der Waals surface area (Å²) in [6.07, 6.45) is 7.60. The number of aromatic nitrogens is 5. The number of H-pyrrole nitrogens is 2. The topological polar surface area (TPSA) is 109 Å². The molecule has 4 N–H and O–H groups in total. The minimum absolute atomic E-state index is 0.0797. The smallest absolute Gasteiger partial charge is 0.264 e. The second kappa shape index (κ2) is 6.33. The first-order valence-corrected chi connectivity index (χ1v) is 10.6. The molecule has 0 aliphatic carbocycles. The SMILES string of the molecule is Cn1c(N2[C@@H]3CC[C@H]2C[C@@H](N)C3)nc2[nH]cc(-c3ccc4[nH]ncc4c3Cl)c2c1=O. The number of anilines is 1. The molecule has 30 heavy (non-hydrogen) atoms. The van der Waals surface area contributed by atoms with E-state index >= 15 is 0 Å². The molecule has 3 aromatic heterocycles. The number of benzene rings is 1. The number of halogens is 1. The predicted octanol–water partition coefficient (Wildman–Crippen LogP) is 2.92. The summed E-state index contributed by atoms with van der Waals surface area (Å²) in [4.78, 5) is 23.9. The molecule has 0 radical (unpaired) electrons. The number of nitrogens with zero attached hydrogens (tertiary/aromatic N) is 4. The third-order valence-corrected chi connectivity index (χ3v) is 7.15. The van der Waals surface area contributed by atoms with Gasteiger partial charge in [-0.05, 0) is 31.7 Å². The number of fused-ring (bicyclic) bond motifs is 4. The van der Waals surface area contributed by atoms with Crippen LogP contribution in [-0.2, 0) is 7.05 Å². The summed E-state index contributed by atoms with van der Waals surface area (Å²) in [5.74, 6) is 0.719. The first-order chi connectivity index (χ1) is 14.5. The lowest BCUT2D eigenvalue weighted by Gasteiger charge is -2.38. The molecule has 2 fully saturated rings. The van der Waals surface area contributed by atoms with Crippen molar-refractivity contribution in [3.63, 3.8) is 0 Å². The Labute approximate surface area is 177 Å². The highest BCUT2D eigenvalue weighted by Gasteiger charge is 2.41. The molecule has 1 aromatic carbocycles. The van der Waals surface area contributed by atoms with Gasteiger partial charge in [-0.25, -0.2) is 0 Å². The highest BCUT2D eigenvalue weighted by atomic mass is 35.5. The van der Waals surface area contributed by atoms with Gasteiger partial charge in [0.25, 0.3) is 5.56 Å². The van der Waals surface area contributed by atoms with Crippen LogP contribution in [0, 0.1) is 0 Å². The Hall–Kier alpha value is -2.84. The number of hydrogen-bond acceptors (Lipinski definition) is 5. The van der Waals surface area contributed by atoms with Gasteiger partial charge in [-0.2, -0.15) is 10.1 Å². The van der Waals surface area contributed by atoms with Crippen molar-refractivity contribution in [2.45, 2.75) is 43.8 Å². The minimum atomic E-state index is -0.0797. The normalized spacial score (nSPS) is 23.7. The summed E-state index contributed by atoms with van der Waals surface area (Å²) in [5, 5.41) is 8.91. The van der Waals surface area contributed by atoms with Crippen LogP contribution >= 0.6 is 11.6 Å². The van der Waals surface area contributed by atoms with Crippen LogP contribution in [0.2, 0.25) is 5.02 Å². The van der Waals surface area contributed by atoms with Crippen LogP contribution < -0.4 is 16.2 Å². The van der Waals surface area contributed by atoms with Crippen LogP contribution in [0.15, 0.2) is 29.3 Å². The van der Waals surface area contributed by atoms with E-state index in [0.717, 1.165) is 53.7 Å². The molecule has 0 spiro atoms. The minimum Gasteiger partial charge on any atom is -0.345 e. The van der Waals surface area contributed by atoms with Gasteiger partial charge in [-0.15, -0.1) is 0 Å². The molecule has 6 rings (SSSR count). The van der Waals surface area contributed by atoms with Crippen molar-refractivity contribution in [2.24, 2.45) is 12.8 Å². The summed E-state index contributed by atoms with van der Waals surface area (Å²) in [5.41, 5.74) is 9.12. The molecule has 9 heteroatoms. The largest absolute Gasteiger partial charge is 0.345 e. The molecule has 8 nitrogen and oxygen atoms in total. The van der Waals surface area contributed by atoms with E-state index in [-0.39, 0.29) is 11.6 Å². The molecular weight excluding hydrogens is 402 g/mol. The van der Waals surface area contributed by atoms with E-state index in [1.807, 2.05) is 18.3 Å². The van der Waals surface area contributed by atoms with Gasteiger partial charge < -0.3 is 15.6 Å². The van der Waals surface area contributed by atoms with Gasteiger partial charge >= 0.3 is 0 Å². The highest BCUT2D eigenvalue weighted by Crippen LogP contribution is 2.39. The summed E-state index contributed by atoms with van der Waals surface area (Å²) in [6, 6.07) is 4.76. The molecule has 0 amide bonds. The Bertz CT molecular complexity index is 1340. The molecule has 3 atom stereocenters. The van der Waals surface area contributed by atoms with E-state index < -0.39 is 0 Å². The van der Waals surface area contributed by atoms with Crippen molar-refractivity contribution in [3.8, 4) is 11.1 Å². The number of rotatable bonds is 2. The van der Waals surface area contributed by atoms with Crippen LogP contribution in [0.5, 0.6) is 0 Å². The molecule has 5 heterocycles. The Morgan fingerprint density at radius 1 is 1.20 bits per heavy atom. The molecular formula is C21H22ClN7O. The molecule has 4 aromatic rings. The fourth-order valence-electron chi connectivity index (χ4n) is 5.33. The number of nitrogens with two attached hydrogens (primary N) is 1. The molecule has 0 unspecified atom stereocenters. The first kappa shape index (κ1) is 18.0. The predicted molar refractivity (Wildman–Crippen MR) is 118 cm³/mol. The maximum absolute atomic E-state index is 13.5. The number of aromatic amines is 2. The maximum atomic E-state index is 13.5. The van der Waals surface area contributed by atoms with Crippen molar-refractivity contribution in [1.82, 2.24) is 24.7 Å². The van der Waals surface area contributed by atoms with Crippen LogP contribution in [0.4, 0.5) is 5.95 Å². The Morgan fingerprint density at radius 2 is 1.97 bits per heavy atom. The second-order valence-corrected chi connectivity index (χ2v) is 8.86. The number of piperidine rings is 1. The van der Waals surface area contributed by atoms with Crippen molar-refractivity contribution in [3.05, 3.63) is 39.9 Å². The zero-order valence-electron chi connectivity index (χ0n) is 16.5. The highest BCUT2D eigenvalue weighted by molar-refractivity contribution is 6.38. The number of nitrogens with one attached hydrogen (secondary N) is 2. The van der Waals surface area contributed by atoms with Crippen LogP contribution in [0.3, 0.4) is 0 Å². The lowest BCUT2D eigenvalue weighted by molar-refractivity contribution is 0.405. The molecule has 2 aliphatic rings. The zero-order chi connectivity index (χ0) is 20.6. The van der Waals surface area contributed by atoms with Crippen molar-refractivity contribution in [1.29, 1.82) is 0 Å². The average Bonchev–Trinajstić information content (AvgIpc) is 3.42. The van der Waals surface area contributed by atoms with Gasteiger partial charge in [-0.1, -0.05) is 17.7 Å². The summed E-state index contributed by atoms with van der Waals surface area (Å²) in [7, 11) is 1.80. The molecule has 2 aliphatic heterocycles. The van der Waals surface area contributed by atoms with E-state index in [1.54, 1.807) is 17.8 Å². The fourth-order valence-corrected chi connectivity index (χ4v) is 5.65. The Kier molecular flexibility index (Phi) is 3.79. The Balaban J connectivity index is 1.52. The van der Waals surface area contributed by atoms with E-state index in [1.165, 1.54) is 0 Å². The van der Waals surface area contributed by atoms with Crippen molar-refractivity contribution >= 4 is 39.5 Å². The van der Waals surface area contributed by atoms with E-state index in [9.17, 15) is 4.79 Å². The number of hydrogen-bond donors (Lipinski definition) is 3. The van der Waals surface area contributed by atoms with Crippen LogP contribution in [-0.4, -0.2) is 42.9 Å². The zero-order valence-corrected chi connectivity index (χ0v) is 17.3. The standard InChI is InChI=1S/C21H22ClN7O/c1-28-20(30)17-14(13-4-5-16-15(18(13)22)9-25-27-16)8-24-19(17)26-21(28)29-11-2-3-12(29)7-10(23)6-11/h4-5,8-12,24H,2-3,6-7,23H2,1H3,(H,25,27)/t10-,11+,12-.